The monoisotopic (exact) mass is 406 g/mol. The summed E-state index contributed by atoms with van der Waals surface area (Å²) in [7, 11) is 0. The van der Waals surface area contributed by atoms with Crippen LogP contribution in [0.5, 0.6) is 5.88 Å². The highest BCUT2D eigenvalue weighted by molar-refractivity contribution is 7.12. The molecule has 4 aromatic rings. The first-order valence-electron chi connectivity index (χ1n) is 9.28. The van der Waals surface area contributed by atoms with Crippen LogP contribution in [0.25, 0.3) is 16.0 Å². The molecular formula is C20H18N6O2S. The van der Waals surface area contributed by atoms with Crippen LogP contribution in [0.2, 0.25) is 0 Å². The van der Waals surface area contributed by atoms with Crippen LogP contribution < -0.4 is 14.5 Å². The average molecular weight is 406 g/mol. The van der Waals surface area contributed by atoms with Gasteiger partial charge in [-0.15, -0.1) is 5.10 Å². The van der Waals surface area contributed by atoms with Gasteiger partial charge in [-0.3, -0.25) is 4.79 Å². The Balaban J connectivity index is 1.44. The van der Waals surface area contributed by atoms with Crippen molar-refractivity contribution in [3.8, 4) is 11.0 Å². The van der Waals surface area contributed by atoms with E-state index in [1.54, 1.807) is 5.38 Å². The second-order valence-electron chi connectivity index (χ2n) is 6.60. The lowest BCUT2D eigenvalue weighted by Crippen LogP contribution is -2.47. The molecule has 4 heterocycles. The van der Waals surface area contributed by atoms with Gasteiger partial charge < -0.3 is 14.5 Å². The Hall–Kier alpha value is -3.46. The third kappa shape index (κ3) is 3.29. The molecular weight excluding hydrogens is 388 g/mol. The van der Waals surface area contributed by atoms with Gasteiger partial charge in [0.05, 0.1) is 10.9 Å². The van der Waals surface area contributed by atoms with Crippen molar-refractivity contribution in [2.45, 2.75) is 0 Å². The quantitative estimate of drug-likeness (QED) is 0.472. The highest BCUT2D eigenvalue weighted by Gasteiger charge is 2.23. The zero-order valence-electron chi connectivity index (χ0n) is 15.5. The third-order valence-corrected chi connectivity index (χ3v) is 5.74. The minimum Gasteiger partial charge on any atom is -0.409 e. The molecule has 0 bridgehead atoms. The van der Waals surface area contributed by atoms with Gasteiger partial charge in [0, 0.05) is 37.8 Å². The van der Waals surface area contributed by atoms with Gasteiger partial charge in [-0.1, -0.05) is 29.5 Å². The summed E-state index contributed by atoms with van der Waals surface area (Å²) in [4.78, 5) is 24.0. The smallest absolute Gasteiger partial charge is 0.299 e. The molecule has 0 saturated carbocycles. The molecule has 3 aromatic heterocycles. The summed E-state index contributed by atoms with van der Waals surface area (Å²) in [6.07, 6.45) is 1.83. The predicted octanol–water partition coefficient (Wildman–Crippen LogP) is 2.74. The number of carbonyl (C=O) groups is 1. The lowest BCUT2D eigenvalue weighted by molar-refractivity contribution is -0.120. The van der Waals surface area contributed by atoms with Gasteiger partial charge in [0.15, 0.2) is 5.82 Å². The number of carbonyl (C=O) groups excluding carboxylic acids is 1. The maximum Gasteiger partial charge on any atom is 0.299 e. The Bertz CT molecular complexity index is 1130. The number of thiazole rings is 1. The van der Waals surface area contributed by atoms with Gasteiger partial charge in [-0.25, -0.2) is 9.67 Å². The lowest BCUT2D eigenvalue weighted by Gasteiger charge is -2.35. The minimum atomic E-state index is 0.283. The number of benzene rings is 1. The molecule has 1 aliphatic heterocycles. The molecule has 1 saturated heterocycles. The van der Waals surface area contributed by atoms with Crippen molar-refractivity contribution < 1.29 is 9.53 Å². The topological polar surface area (TPSA) is 76.4 Å². The summed E-state index contributed by atoms with van der Waals surface area (Å²) in [5.41, 5.74) is 0.974. The highest BCUT2D eigenvalue weighted by atomic mass is 32.1. The molecule has 0 spiro atoms. The first-order chi connectivity index (χ1) is 14.3. The van der Waals surface area contributed by atoms with Gasteiger partial charge in [-0.2, -0.15) is 4.98 Å². The van der Waals surface area contributed by atoms with E-state index in [4.69, 9.17) is 9.84 Å². The Labute approximate surface area is 171 Å². The van der Waals surface area contributed by atoms with Crippen molar-refractivity contribution in [2.75, 3.05) is 36.0 Å². The van der Waals surface area contributed by atoms with Crippen molar-refractivity contribution >= 4 is 40.3 Å². The molecule has 146 valence electrons. The van der Waals surface area contributed by atoms with E-state index in [9.17, 15) is 4.79 Å². The first-order valence-corrected chi connectivity index (χ1v) is 10.2. The summed E-state index contributed by atoms with van der Waals surface area (Å²) < 4.78 is 6.67. The van der Waals surface area contributed by atoms with Crippen LogP contribution in [0.3, 0.4) is 0 Å². The summed E-state index contributed by atoms with van der Waals surface area (Å²) in [6.45, 7) is 3.86. The molecule has 0 aliphatic carbocycles. The number of pyridine rings is 1. The van der Waals surface area contributed by atoms with Crippen LogP contribution in [0.1, 0.15) is 0 Å². The van der Waals surface area contributed by atoms with Crippen LogP contribution in [-0.4, -0.2) is 52.4 Å². The Morgan fingerprint density at radius 3 is 2.59 bits per heavy atom. The maximum atomic E-state index is 10.6. The summed E-state index contributed by atoms with van der Waals surface area (Å²) in [5.74, 6) is 2.23. The lowest BCUT2D eigenvalue weighted by atomic mass is 10.2. The van der Waals surface area contributed by atoms with Crippen LogP contribution in [0.15, 0.2) is 54.0 Å². The summed E-state index contributed by atoms with van der Waals surface area (Å²) in [5, 5.41) is 8.31. The zero-order valence-corrected chi connectivity index (χ0v) is 16.3. The standard InChI is InChI=1S/C20H18N6O2S/c27-14-28-18-13-29-20(22-18)26-16-6-2-1-5-15(16)19(23-26)25-11-9-24(10-12-25)17-7-3-4-8-21-17/h1-8,13-14H,9-12H2. The van der Waals surface area contributed by atoms with Crippen molar-refractivity contribution in [3.05, 3.63) is 54.0 Å². The number of nitrogens with zero attached hydrogens (tertiary/aromatic N) is 6. The molecule has 1 aromatic carbocycles. The van der Waals surface area contributed by atoms with Crippen LogP contribution in [0, 0.1) is 0 Å². The molecule has 1 fully saturated rings. The highest BCUT2D eigenvalue weighted by Crippen LogP contribution is 2.31. The molecule has 9 heteroatoms. The fraction of sp³-hybridized carbons (Fsp3) is 0.200. The Kier molecular flexibility index (Phi) is 4.57. The first kappa shape index (κ1) is 17.6. The molecule has 8 nitrogen and oxygen atoms in total. The van der Waals surface area contributed by atoms with Crippen LogP contribution in [-0.2, 0) is 4.79 Å². The molecule has 29 heavy (non-hydrogen) atoms. The SMILES string of the molecule is O=COc1csc(-n2nc(N3CCN(c4ccccn4)CC3)c3ccccc32)n1. The number of hydrogen-bond donors (Lipinski definition) is 0. The predicted molar refractivity (Wildman–Crippen MR) is 112 cm³/mol. The molecule has 0 radical (unpaired) electrons. The molecule has 1 aliphatic rings. The number of hydrogen-bond acceptors (Lipinski definition) is 8. The molecule has 5 rings (SSSR count). The van der Waals surface area contributed by atoms with Gasteiger partial charge in [0.2, 0.25) is 11.0 Å². The van der Waals surface area contributed by atoms with Crippen LogP contribution in [0.4, 0.5) is 11.6 Å². The third-order valence-electron chi connectivity index (χ3n) is 4.94. The Morgan fingerprint density at radius 1 is 1.00 bits per heavy atom. The normalized spacial score (nSPS) is 14.3. The summed E-state index contributed by atoms with van der Waals surface area (Å²) in [6, 6.07) is 14.1. The number of ether oxygens (including phenoxy) is 1. The van der Waals surface area contributed by atoms with Gasteiger partial charge in [0.25, 0.3) is 6.47 Å². The van der Waals surface area contributed by atoms with E-state index in [1.807, 2.05) is 47.3 Å². The molecule has 0 amide bonds. The minimum absolute atomic E-state index is 0.283. The van der Waals surface area contributed by atoms with Crippen LogP contribution >= 0.6 is 11.3 Å². The van der Waals surface area contributed by atoms with E-state index in [2.05, 4.69) is 25.8 Å². The van der Waals surface area contributed by atoms with E-state index in [-0.39, 0.29) is 5.88 Å². The number of fused-ring (bicyclic) bond motifs is 1. The van der Waals surface area contributed by atoms with Gasteiger partial charge >= 0.3 is 0 Å². The maximum absolute atomic E-state index is 10.6. The second-order valence-corrected chi connectivity index (χ2v) is 7.43. The zero-order chi connectivity index (χ0) is 19.6. The van der Waals surface area contributed by atoms with Gasteiger partial charge in [-0.05, 0) is 24.3 Å². The van der Waals surface area contributed by atoms with Crippen molar-refractivity contribution in [3.63, 3.8) is 0 Å². The molecule has 0 atom stereocenters. The largest absolute Gasteiger partial charge is 0.409 e. The number of aromatic nitrogens is 4. The summed E-state index contributed by atoms with van der Waals surface area (Å²) >= 11 is 1.39. The van der Waals surface area contributed by atoms with Crippen molar-refractivity contribution in [1.29, 1.82) is 0 Å². The van der Waals surface area contributed by atoms with E-state index < -0.39 is 0 Å². The number of piperazine rings is 1. The van der Waals surface area contributed by atoms with Crippen molar-refractivity contribution in [2.24, 2.45) is 0 Å². The average Bonchev–Trinajstić information content (AvgIpc) is 3.39. The number of para-hydroxylation sites is 1. The number of anilines is 2. The second kappa shape index (κ2) is 7.51. The number of rotatable bonds is 5. The van der Waals surface area contributed by atoms with Crippen molar-refractivity contribution in [1.82, 2.24) is 19.7 Å². The van der Waals surface area contributed by atoms with E-state index in [0.717, 1.165) is 48.7 Å². The van der Waals surface area contributed by atoms with E-state index in [1.165, 1.54) is 11.3 Å². The Morgan fingerprint density at radius 2 is 1.79 bits per heavy atom. The van der Waals surface area contributed by atoms with E-state index in [0.29, 0.717) is 11.6 Å². The molecule has 0 N–H and O–H groups in total. The fourth-order valence-electron chi connectivity index (χ4n) is 3.57. The fourth-order valence-corrected chi connectivity index (χ4v) is 4.26. The van der Waals surface area contributed by atoms with Gasteiger partial charge in [0.1, 0.15) is 5.82 Å². The molecule has 0 unspecified atom stereocenters. The van der Waals surface area contributed by atoms with E-state index >= 15 is 0 Å².